The van der Waals surface area contributed by atoms with Gasteiger partial charge in [0.1, 0.15) is 5.75 Å². The number of phenols is 1. The lowest BCUT2D eigenvalue weighted by atomic mass is 9.85. The van der Waals surface area contributed by atoms with Gasteiger partial charge in [0.2, 0.25) is 0 Å². The van der Waals surface area contributed by atoms with E-state index in [1.807, 2.05) is 12.3 Å². The quantitative estimate of drug-likeness (QED) is 0.596. The zero-order valence-electron chi connectivity index (χ0n) is 11.9. The van der Waals surface area contributed by atoms with Gasteiger partial charge >= 0.3 is 0 Å². The van der Waals surface area contributed by atoms with Crippen molar-refractivity contribution in [2.75, 3.05) is 0 Å². The zero-order chi connectivity index (χ0) is 14.0. The smallest absolute Gasteiger partial charge is 0.128 e. The molecule has 19 heavy (non-hydrogen) atoms. The first-order valence-electron chi connectivity index (χ1n) is 6.94. The molecule has 0 bridgehead atoms. The SMILES string of the molecule is CC(C)(C)c1cc(I)cc(C=NC2CCCC2)c1O. The van der Waals surface area contributed by atoms with Crippen LogP contribution in [0.2, 0.25) is 0 Å². The highest BCUT2D eigenvalue weighted by Gasteiger charge is 2.21. The molecule has 0 unspecified atom stereocenters. The average Bonchev–Trinajstić information content (AvgIpc) is 2.81. The third-order valence-corrected chi connectivity index (χ3v) is 4.28. The topological polar surface area (TPSA) is 32.6 Å². The molecule has 1 saturated carbocycles. The summed E-state index contributed by atoms with van der Waals surface area (Å²) in [7, 11) is 0. The number of halogens is 1. The Morgan fingerprint density at radius 2 is 1.89 bits per heavy atom. The maximum absolute atomic E-state index is 10.4. The summed E-state index contributed by atoms with van der Waals surface area (Å²) in [6.45, 7) is 6.36. The molecule has 1 fully saturated rings. The van der Waals surface area contributed by atoms with Gasteiger partial charge in [-0.15, -0.1) is 0 Å². The second-order valence-corrected chi connectivity index (χ2v) is 7.60. The van der Waals surface area contributed by atoms with Crippen LogP contribution in [0.25, 0.3) is 0 Å². The first-order chi connectivity index (χ1) is 8.88. The second kappa shape index (κ2) is 5.81. The molecule has 0 atom stereocenters. The molecule has 104 valence electrons. The van der Waals surface area contributed by atoms with Crippen molar-refractivity contribution in [2.24, 2.45) is 4.99 Å². The Bertz CT molecular complexity index is 482. The molecule has 0 heterocycles. The van der Waals surface area contributed by atoms with E-state index >= 15 is 0 Å². The molecular formula is C16H22INO. The van der Waals surface area contributed by atoms with E-state index < -0.39 is 0 Å². The predicted octanol–water partition coefficient (Wildman–Crippen LogP) is 4.66. The van der Waals surface area contributed by atoms with Crippen LogP contribution < -0.4 is 0 Å². The standard InChI is InChI=1S/C16H22INO/c1-16(2,3)14-9-12(17)8-11(15(14)19)10-18-13-6-4-5-7-13/h8-10,13,19H,4-7H2,1-3H3. The summed E-state index contributed by atoms with van der Waals surface area (Å²) >= 11 is 2.30. The van der Waals surface area contributed by atoms with E-state index in [2.05, 4.69) is 54.4 Å². The Morgan fingerprint density at radius 1 is 1.26 bits per heavy atom. The van der Waals surface area contributed by atoms with Crippen LogP contribution in [0.3, 0.4) is 0 Å². The average molecular weight is 371 g/mol. The summed E-state index contributed by atoms with van der Waals surface area (Å²) in [5, 5.41) is 10.4. The third kappa shape index (κ3) is 3.71. The Labute approximate surface area is 129 Å². The molecule has 1 N–H and O–H groups in total. The van der Waals surface area contributed by atoms with E-state index in [0.717, 1.165) is 14.7 Å². The summed E-state index contributed by atoms with van der Waals surface area (Å²) in [6, 6.07) is 4.52. The number of aliphatic imine (C=N–C) groups is 1. The van der Waals surface area contributed by atoms with Gasteiger partial charge in [0.15, 0.2) is 0 Å². The molecule has 0 amide bonds. The molecule has 0 radical (unpaired) electrons. The molecule has 1 aromatic carbocycles. The van der Waals surface area contributed by atoms with Crippen LogP contribution in [0.15, 0.2) is 17.1 Å². The number of hydrogen-bond acceptors (Lipinski definition) is 2. The molecule has 2 rings (SSSR count). The Morgan fingerprint density at radius 3 is 2.47 bits per heavy atom. The molecule has 1 aliphatic rings. The van der Waals surface area contributed by atoms with E-state index in [4.69, 9.17) is 0 Å². The molecule has 3 heteroatoms. The van der Waals surface area contributed by atoms with Crippen molar-refractivity contribution < 1.29 is 5.11 Å². The van der Waals surface area contributed by atoms with Gasteiger partial charge in [-0.3, -0.25) is 4.99 Å². The fraction of sp³-hybridized carbons (Fsp3) is 0.562. The van der Waals surface area contributed by atoms with E-state index in [1.165, 1.54) is 25.7 Å². The third-order valence-electron chi connectivity index (χ3n) is 3.66. The maximum Gasteiger partial charge on any atom is 0.128 e. The highest BCUT2D eigenvalue weighted by molar-refractivity contribution is 14.1. The number of aromatic hydroxyl groups is 1. The molecule has 0 aliphatic heterocycles. The Kier molecular flexibility index (Phi) is 4.54. The fourth-order valence-electron chi connectivity index (χ4n) is 2.53. The van der Waals surface area contributed by atoms with Gasteiger partial charge in [-0.05, 0) is 53.0 Å². The van der Waals surface area contributed by atoms with Gasteiger partial charge in [-0.1, -0.05) is 33.6 Å². The van der Waals surface area contributed by atoms with Crippen molar-refractivity contribution in [3.8, 4) is 5.75 Å². The molecular weight excluding hydrogens is 349 g/mol. The van der Waals surface area contributed by atoms with E-state index in [-0.39, 0.29) is 5.41 Å². The minimum Gasteiger partial charge on any atom is -0.507 e. The zero-order valence-corrected chi connectivity index (χ0v) is 14.1. The van der Waals surface area contributed by atoms with Crippen molar-refractivity contribution in [3.05, 3.63) is 26.8 Å². The lowest BCUT2D eigenvalue weighted by Gasteiger charge is -2.21. The first kappa shape index (κ1) is 14.8. The van der Waals surface area contributed by atoms with Crippen LogP contribution in [-0.4, -0.2) is 17.4 Å². The normalized spacial score (nSPS) is 17.5. The second-order valence-electron chi connectivity index (χ2n) is 6.36. The molecule has 0 aromatic heterocycles. The molecule has 0 spiro atoms. The number of phenolic OH excluding ortho intramolecular Hbond substituents is 1. The Balaban J connectivity index is 2.32. The summed E-state index contributed by atoms with van der Waals surface area (Å²) in [5.41, 5.74) is 1.79. The van der Waals surface area contributed by atoms with Crippen LogP contribution in [-0.2, 0) is 5.41 Å². The van der Waals surface area contributed by atoms with Crippen LogP contribution >= 0.6 is 22.6 Å². The molecule has 2 nitrogen and oxygen atoms in total. The van der Waals surface area contributed by atoms with E-state index in [0.29, 0.717) is 11.8 Å². The van der Waals surface area contributed by atoms with Crippen molar-refractivity contribution in [2.45, 2.75) is 57.9 Å². The molecule has 1 aromatic rings. The van der Waals surface area contributed by atoms with Crippen molar-refractivity contribution in [1.29, 1.82) is 0 Å². The minimum atomic E-state index is -0.0544. The van der Waals surface area contributed by atoms with Crippen LogP contribution in [0.5, 0.6) is 5.75 Å². The van der Waals surface area contributed by atoms with Crippen molar-refractivity contribution in [1.82, 2.24) is 0 Å². The predicted molar refractivity (Wildman–Crippen MR) is 89.4 cm³/mol. The summed E-state index contributed by atoms with van der Waals surface area (Å²) in [6.07, 6.45) is 6.81. The van der Waals surface area contributed by atoms with Gasteiger partial charge in [0.25, 0.3) is 0 Å². The number of rotatable bonds is 2. The largest absolute Gasteiger partial charge is 0.507 e. The van der Waals surface area contributed by atoms with E-state index in [1.54, 1.807) is 0 Å². The van der Waals surface area contributed by atoms with Crippen LogP contribution in [0.1, 0.15) is 57.6 Å². The lowest BCUT2D eigenvalue weighted by molar-refractivity contribution is 0.445. The number of nitrogens with zero attached hydrogens (tertiary/aromatic N) is 1. The van der Waals surface area contributed by atoms with E-state index in [9.17, 15) is 5.11 Å². The van der Waals surface area contributed by atoms with Crippen LogP contribution in [0.4, 0.5) is 0 Å². The number of benzene rings is 1. The fourth-order valence-corrected chi connectivity index (χ4v) is 3.18. The highest BCUT2D eigenvalue weighted by Crippen LogP contribution is 2.34. The monoisotopic (exact) mass is 371 g/mol. The van der Waals surface area contributed by atoms with Crippen molar-refractivity contribution >= 4 is 28.8 Å². The minimum absolute atomic E-state index is 0.0544. The molecule has 0 saturated heterocycles. The molecule has 1 aliphatic carbocycles. The summed E-state index contributed by atoms with van der Waals surface area (Å²) in [5.74, 6) is 0.384. The van der Waals surface area contributed by atoms with Gasteiger partial charge in [0, 0.05) is 27.0 Å². The van der Waals surface area contributed by atoms with Gasteiger partial charge < -0.3 is 5.11 Å². The van der Waals surface area contributed by atoms with Crippen LogP contribution in [0, 0.1) is 3.57 Å². The van der Waals surface area contributed by atoms with Crippen molar-refractivity contribution in [3.63, 3.8) is 0 Å². The Hall–Kier alpha value is -0.580. The van der Waals surface area contributed by atoms with Gasteiger partial charge in [-0.25, -0.2) is 0 Å². The summed E-state index contributed by atoms with van der Waals surface area (Å²) < 4.78 is 1.15. The summed E-state index contributed by atoms with van der Waals surface area (Å²) in [4.78, 5) is 4.63. The first-order valence-corrected chi connectivity index (χ1v) is 8.02. The van der Waals surface area contributed by atoms with Gasteiger partial charge in [0.05, 0.1) is 0 Å². The van der Waals surface area contributed by atoms with Gasteiger partial charge in [-0.2, -0.15) is 0 Å². The maximum atomic E-state index is 10.4. The lowest BCUT2D eigenvalue weighted by Crippen LogP contribution is -2.12. The highest BCUT2D eigenvalue weighted by atomic mass is 127. The number of hydrogen-bond donors (Lipinski definition) is 1.